The number of carbonyl (C=O) groups excluding carboxylic acids is 1. The van der Waals surface area contributed by atoms with Gasteiger partial charge in [-0.3, -0.25) is 4.79 Å². The minimum absolute atomic E-state index is 0.0252. The van der Waals surface area contributed by atoms with E-state index in [4.69, 9.17) is 9.40 Å². The summed E-state index contributed by atoms with van der Waals surface area (Å²) < 4.78 is 20.8. The first-order valence-corrected chi connectivity index (χ1v) is 11.4. The third kappa shape index (κ3) is 4.10. The molecule has 1 amide bonds. The molecule has 1 saturated heterocycles. The molecule has 1 aliphatic rings. The van der Waals surface area contributed by atoms with Gasteiger partial charge in [-0.05, 0) is 43.5 Å². The minimum atomic E-state index is -0.353. The molecule has 3 heterocycles. The van der Waals surface area contributed by atoms with Crippen molar-refractivity contribution >= 4 is 27.5 Å². The molecule has 5 rings (SSSR count). The lowest BCUT2D eigenvalue weighted by molar-refractivity contribution is -0.135. The maximum absolute atomic E-state index is 14.0. The van der Waals surface area contributed by atoms with Crippen LogP contribution in [0.2, 0.25) is 0 Å². The second-order valence-corrected chi connectivity index (χ2v) is 8.78. The van der Waals surface area contributed by atoms with Crippen molar-refractivity contribution in [2.75, 3.05) is 6.54 Å². The summed E-state index contributed by atoms with van der Waals surface area (Å²) >= 11 is 1.67. The van der Waals surface area contributed by atoms with Crippen LogP contribution in [0.5, 0.6) is 0 Å². The Kier molecular flexibility index (Phi) is 5.51. The lowest BCUT2D eigenvalue weighted by atomic mass is 10.0. The molecule has 4 aromatic rings. The lowest BCUT2D eigenvalue weighted by Gasteiger charge is -2.34. The fourth-order valence-electron chi connectivity index (χ4n) is 4.09. The number of hydrogen-bond donors (Lipinski definition) is 0. The van der Waals surface area contributed by atoms with E-state index in [0.717, 1.165) is 41.0 Å². The van der Waals surface area contributed by atoms with E-state index < -0.39 is 0 Å². The second kappa shape index (κ2) is 8.59. The summed E-state index contributed by atoms with van der Waals surface area (Å²) in [6.45, 7) is 0.742. The Morgan fingerprint density at radius 1 is 1.16 bits per heavy atom. The molecule has 0 saturated carbocycles. The smallest absolute Gasteiger partial charge is 0.223 e. The van der Waals surface area contributed by atoms with E-state index in [-0.39, 0.29) is 17.8 Å². The average Bonchev–Trinajstić information content (AvgIpc) is 3.45. The van der Waals surface area contributed by atoms with Gasteiger partial charge in [0.05, 0.1) is 28.0 Å². The van der Waals surface area contributed by atoms with E-state index in [0.29, 0.717) is 30.1 Å². The van der Waals surface area contributed by atoms with E-state index in [9.17, 15) is 9.18 Å². The molecular formula is C24H22FN3O2S. The molecule has 1 aliphatic heterocycles. The van der Waals surface area contributed by atoms with Gasteiger partial charge >= 0.3 is 0 Å². The highest BCUT2D eigenvalue weighted by Gasteiger charge is 2.30. The summed E-state index contributed by atoms with van der Waals surface area (Å²) in [5.41, 5.74) is 1.36. The van der Waals surface area contributed by atoms with Crippen LogP contribution in [0.15, 0.2) is 59.1 Å². The number of fused-ring (bicyclic) bond motifs is 1. The van der Waals surface area contributed by atoms with Gasteiger partial charge < -0.3 is 9.32 Å². The topological polar surface area (TPSA) is 59.2 Å². The van der Waals surface area contributed by atoms with Gasteiger partial charge in [-0.1, -0.05) is 24.3 Å². The van der Waals surface area contributed by atoms with Crippen LogP contribution in [-0.2, 0) is 11.2 Å². The molecule has 0 N–H and O–H groups in total. The van der Waals surface area contributed by atoms with Crippen molar-refractivity contribution in [2.24, 2.45) is 0 Å². The van der Waals surface area contributed by atoms with E-state index in [1.807, 2.05) is 23.1 Å². The number of aromatic nitrogens is 2. The molecule has 0 spiro atoms. The van der Waals surface area contributed by atoms with Crippen LogP contribution in [0, 0.1) is 5.82 Å². The van der Waals surface area contributed by atoms with Gasteiger partial charge in [0.2, 0.25) is 5.91 Å². The van der Waals surface area contributed by atoms with Gasteiger partial charge in [0, 0.05) is 19.4 Å². The first-order chi connectivity index (χ1) is 15.2. The number of hydrogen-bond acceptors (Lipinski definition) is 5. The van der Waals surface area contributed by atoms with Gasteiger partial charge in [-0.2, -0.15) is 0 Å². The van der Waals surface area contributed by atoms with Crippen LogP contribution in [-0.4, -0.2) is 27.3 Å². The fraction of sp³-hybridized carbons (Fsp3) is 0.292. The Balaban J connectivity index is 1.28. The first-order valence-electron chi connectivity index (χ1n) is 10.5. The summed E-state index contributed by atoms with van der Waals surface area (Å²) in [5.74, 6) is 0.550. The normalized spacial score (nSPS) is 16.7. The largest absolute Gasteiger partial charge is 0.441 e. The standard InChI is InChI=1S/C24H22FN3O2S/c25-17-8-2-1-7-16(17)20-15-26-22(30-20)12-13-23(29)28-14-6-5-10-19(28)24-27-18-9-3-4-11-21(18)31-24/h1-4,7-9,11,15,19H,5-6,10,12-14H2. The fourth-order valence-corrected chi connectivity index (χ4v) is 5.20. The van der Waals surface area contributed by atoms with Crippen LogP contribution in [0.3, 0.4) is 0 Å². The molecule has 2 aromatic carbocycles. The molecule has 1 fully saturated rings. The summed E-state index contributed by atoms with van der Waals surface area (Å²) in [6, 6.07) is 14.5. The SMILES string of the molecule is O=C(CCc1ncc(-c2ccccc2F)o1)N1CCCCC1c1nc2ccccc2s1. The van der Waals surface area contributed by atoms with Gasteiger partial charge in [0.25, 0.3) is 0 Å². The number of halogens is 1. The molecule has 0 radical (unpaired) electrons. The Labute approximate surface area is 183 Å². The third-order valence-corrected chi connectivity index (χ3v) is 6.80. The summed E-state index contributed by atoms with van der Waals surface area (Å²) in [4.78, 5) is 24.1. The van der Waals surface area contributed by atoms with Crippen molar-refractivity contribution in [1.82, 2.24) is 14.9 Å². The molecular weight excluding hydrogens is 413 g/mol. The first kappa shape index (κ1) is 19.9. The second-order valence-electron chi connectivity index (χ2n) is 7.72. The van der Waals surface area contributed by atoms with Crippen LogP contribution >= 0.6 is 11.3 Å². The molecule has 158 valence electrons. The zero-order chi connectivity index (χ0) is 21.2. The maximum atomic E-state index is 14.0. The number of oxazole rings is 1. The molecule has 1 atom stereocenters. The quantitative estimate of drug-likeness (QED) is 0.399. The summed E-state index contributed by atoms with van der Waals surface area (Å²) in [7, 11) is 0. The molecule has 7 heteroatoms. The highest BCUT2D eigenvalue weighted by molar-refractivity contribution is 7.18. The summed E-state index contributed by atoms with van der Waals surface area (Å²) in [6.07, 6.45) is 5.24. The van der Waals surface area contributed by atoms with Crippen molar-refractivity contribution in [3.63, 3.8) is 0 Å². The Morgan fingerprint density at radius 2 is 2.00 bits per heavy atom. The highest BCUT2D eigenvalue weighted by Crippen LogP contribution is 2.36. The van der Waals surface area contributed by atoms with Crippen LogP contribution in [0.1, 0.15) is 42.6 Å². The van der Waals surface area contributed by atoms with E-state index in [1.54, 1.807) is 29.5 Å². The molecule has 1 unspecified atom stereocenters. The van der Waals surface area contributed by atoms with Crippen molar-refractivity contribution in [3.05, 3.63) is 71.4 Å². The van der Waals surface area contributed by atoms with Crippen molar-refractivity contribution in [3.8, 4) is 11.3 Å². The lowest BCUT2D eigenvalue weighted by Crippen LogP contribution is -2.38. The van der Waals surface area contributed by atoms with Gasteiger partial charge in [0.1, 0.15) is 10.8 Å². The molecule has 0 bridgehead atoms. The van der Waals surface area contributed by atoms with E-state index >= 15 is 0 Å². The van der Waals surface area contributed by atoms with Crippen molar-refractivity contribution < 1.29 is 13.6 Å². The molecule has 31 heavy (non-hydrogen) atoms. The molecule has 2 aromatic heterocycles. The average molecular weight is 436 g/mol. The van der Waals surface area contributed by atoms with Crippen LogP contribution in [0.25, 0.3) is 21.5 Å². The Hall–Kier alpha value is -3.06. The number of thiazole rings is 1. The predicted octanol–water partition coefficient (Wildman–Crippen LogP) is 5.78. The zero-order valence-corrected chi connectivity index (χ0v) is 17.8. The third-order valence-electron chi connectivity index (χ3n) is 5.66. The van der Waals surface area contributed by atoms with Gasteiger partial charge in [-0.25, -0.2) is 14.4 Å². The number of amides is 1. The Bertz CT molecular complexity index is 1190. The van der Waals surface area contributed by atoms with Crippen molar-refractivity contribution in [2.45, 2.75) is 38.1 Å². The van der Waals surface area contributed by atoms with E-state index in [1.165, 1.54) is 12.3 Å². The number of likely N-dealkylation sites (tertiary alicyclic amines) is 1. The monoisotopic (exact) mass is 435 g/mol. The number of para-hydroxylation sites is 1. The number of carbonyl (C=O) groups is 1. The predicted molar refractivity (Wildman–Crippen MR) is 118 cm³/mol. The minimum Gasteiger partial charge on any atom is -0.441 e. The molecule has 0 aliphatic carbocycles. The highest BCUT2D eigenvalue weighted by atomic mass is 32.1. The van der Waals surface area contributed by atoms with Crippen LogP contribution in [0.4, 0.5) is 4.39 Å². The number of piperidine rings is 1. The number of rotatable bonds is 5. The van der Waals surface area contributed by atoms with E-state index in [2.05, 4.69) is 11.1 Å². The number of benzene rings is 2. The van der Waals surface area contributed by atoms with Gasteiger partial charge in [0.15, 0.2) is 11.7 Å². The number of nitrogens with zero attached hydrogens (tertiary/aromatic N) is 3. The maximum Gasteiger partial charge on any atom is 0.223 e. The number of aryl methyl sites for hydroxylation is 1. The molecule has 5 nitrogen and oxygen atoms in total. The summed E-state index contributed by atoms with van der Waals surface area (Å²) in [5, 5.41) is 1.01. The van der Waals surface area contributed by atoms with Crippen molar-refractivity contribution in [1.29, 1.82) is 0 Å². The van der Waals surface area contributed by atoms with Gasteiger partial charge in [-0.15, -0.1) is 11.3 Å². The zero-order valence-electron chi connectivity index (χ0n) is 17.0. The Morgan fingerprint density at radius 3 is 2.87 bits per heavy atom. The van der Waals surface area contributed by atoms with Crippen LogP contribution < -0.4 is 0 Å².